The molecule has 14 nitrogen and oxygen atoms in total. The van der Waals surface area contributed by atoms with Gasteiger partial charge >= 0.3 is 5.97 Å². The lowest BCUT2D eigenvalue weighted by Crippen LogP contribution is -2.71. The number of amides is 2. The first-order valence-electron chi connectivity index (χ1n) is 12.9. The summed E-state index contributed by atoms with van der Waals surface area (Å²) in [6.45, 7) is 4.66. The molecule has 3 aromatic heterocycles. The molecular formula is C26H25BrClN7O7S2. The highest BCUT2D eigenvalue weighted by molar-refractivity contribution is 9.11. The normalized spacial score (nSPS) is 18.6. The van der Waals surface area contributed by atoms with E-state index in [9.17, 15) is 24.3 Å². The Balaban J connectivity index is 1.34. The van der Waals surface area contributed by atoms with Gasteiger partial charge < -0.3 is 30.5 Å². The van der Waals surface area contributed by atoms with Crippen molar-refractivity contribution in [3.05, 3.63) is 56.5 Å². The lowest BCUT2D eigenvalue weighted by molar-refractivity contribution is -0.662. The van der Waals surface area contributed by atoms with Crippen molar-refractivity contribution in [3.63, 3.8) is 0 Å². The zero-order valence-corrected chi connectivity index (χ0v) is 27.4. The number of carboxylic acids is 1. The van der Waals surface area contributed by atoms with Gasteiger partial charge in [-0.2, -0.15) is 0 Å². The van der Waals surface area contributed by atoms with Crippen molar-refractivity contribution >= 4 is 90.9 Å². The summed E-state index contributed by atoms with van der Waals surface area (Å²) in [5.41, 5.74) is 5.71. The summed E-state index contributed by atoms with van der Waals surface area (Å²) < 4.78 is 9.17. The van der Waals surface area contributed by atoms with Crippen molar-refractivity contribution in [1.82, 2.24) is 19.6 Å². The van der Waals surface area contributed by atoms with Crippen LogP contribution in [0.5, 0.6) is 0 Å². The molecule has 0 bridgehead atoms. The monoisotopic (exact) mass is 725 g/mol. The summed E-state index contributed by atoms with van der Waals surface area (Å²) in [4.78, 5) is 61.3. The van der Waals surface area contributed by atoms with Crippen LogP contribution in [0.4, 0.5) is 5.13 Å². The fourth-order valence-electron chi connectivity index (χ4n) is 4.59. The Hall–Kier alpha value is -3.67. The van der Waals surface area contributed by atoms with E-state index in [-0.39, 0.29) is 34.5 Å². The van der Waals surface area contributed by atoms with E-state index >= 15 is 0 Å². The smallest absolute Gasteiger partial charge is 0.347 e. The van der Waals surface area contributed by atoms with Gasteiger partial charge in [0, 0.05) is 17.4 Å². The standard InChI is InChI=1S/C26H25BrClN7O7S2/c1-26(2,3)42-15(36)10-41-32-17(16-20(27)44-25(29)31-16)21(37)30-18-22(38)35-19(24(39)40)12(11-43-23(18)35)8-33-6-7-34-9-13(28)4-5-14(33)34/h4-7,9,18,23H,8,10-11H2,1-3H3,(H3-,29,30,31,37,39,40)/b32-17-/t18-,23-/m1/s1. The molecule has 2 atom stereocenters. The van der Waals surface area contributed by atoms with E-state index in [4.69, 9.17) is 26.9 Å². The molecule has 5 heterocycles. The molecule has 1 saturated heterocycles. The summed E-state index contributed by atoms with van der Waals surface area (Å²) in [6, 6.07) is 2.43. The summed E-state index contributed by atoms with van der Waals surface area (Å²) in [7, 11) is 0. The van der Waals surface area contributed by atoms with Gasteiger partial charge in [-0.15, -0.1) is 11.8 Å². The van der Waals surface area contributed by atoms with Crippen molar-refractivity contribution in [1.29, 1.82) is 0 Å². The van der Waals surface area contributed by atoms with Crippen molar-refractivity contribution < 1.29 is 38.4 Å². The van der Waals surface area contributed by atoms with Crippen LogP contribution in [-0.4, -0.2) is 73.1 Å². The number of halogens is 2. The lowest BCUT2D eigenvalue weighted by Gasteiger charge is -2.50. The van der Waals surface area contributed by atoms with Gasteiger partial charge in [0.2, 0.25) is 6.61 Å². The molecule has 3 N–H and O–H groups in total. The molecule has 44 heavy (non-hydrogen) atoms. The lowest BCUT2D eigenvalue weighted by atomic mass is 10.0. The molecule has 2 aliphatic heterocycles. The van der Waals surface area contributed by atoms with Gasteiger partial charge in [-0.25, -0.2) is 18.7 Å². The van der Waals surface area contributed by atoms with Crippen molar-refractivity contribution in [2.75, 3.05) is 18.1 Å². The third-order valence-electron chi connectivity index (χ3n) is 6.31. The topological polar surface area (TPSA) is 185 Å². The highest BCUT2D eigenvalue weighted by atomic mass is 79.9. The number of hydrogen-bond acceptors (Lipinski definition) is 12. The Morgan fingerprint density at radius 2 is 2.09 bits per heavy atom. The molecule has 2 aliphatic rings. The molecule has 2 amide bonds. The number of β-lactam (4-membered cyclic amide) rings is 1. The predicted molar refractivity (Wildman–Crippen MR) is 162 cm³/mol. The van der Waals surface area contributed by atoms with E-state index < -0.39 is 47.4 Å². The first-order chi connectivity index (χ1) is 20.7. The van der Waals surface area contributed by atoms with Gasteiger partial charge in [-0.05, 0) is 42.8 Å². The number of fused-ring (bicyclic) bond motifs is 2. The molecule has 0 aromatic carbocycles. The Morgan fingerprint density at radius 1 is 1.34 bits per heavy atom. The minimum Gasteiger partial charge on any atom is -0.543 e. The number of thioether (sulfide) groups is 1. The number of nitrogens with zero attached hydrogens (tertiary/aromatic N) is 5. The van der Waals surface area contributed by atoms with Crippen LogP contribution in [0.25, 0.3) is 5.65 Å². The number of esters is 1. The number of ether oxygens (including phenoxy) is 1. The third kappa shape index (κ3) is 6.55. The second-order valence-electron chi connectivity index (χ2n) is 10.6. The first kappa shape index (κ1) is 31.7. The number of nitrogen functional groups attached to an aromatic ring is 1. The van der Waals surface area contributed by atoms with Crippen molar-refractivity contribution in [2.24, 2.45) is 5.16 Å². The van der Waals surface area contributed by atoms with Crippen LogP contribution in [0.1, 0.15) is 26.5 Å². The molecule has 0 unspecified atom stereocenters. The molecule has 18 heteroatoms. The molecule has 0 saturated carbocycles. The number of rotatable bonds is 9. The number of hydrogen-bond donors (Lipinski definition) is 2. The number of pyridine rings is 1. The van der Waals surface area contributed by atoms with Gasteiger partial charge in [0.25, 0.3) is 17.5 Å². The first-order valence-corrected chi connectivity index (χ1v) is 16.0. The molecule has 1 fully saturated rings. The molecule has 232 valence electrons. The van der Waals surface area contributed by atoms with Crippen LogP contribution >= 0.6 is 50.6 Å². The highest BCUT2D eigenvalue weighted by Crippen LogP contribution is 2.40. The SMILES string of the molecule is CC(C)(C)OC(=O)CO/N=C(\C(=O)N[C@@H]1C(=O)N2C(C(=O)[O-])=C(C[n+]3ccn4cc(Cl)ccc43)CS[C@H]12)c1nc(N)sc1Br. The average Bonchev–Trinajstić information content (AvgIpc) is 3.48. The maximum atomic E-state index is 13.4. The van der Waals surface area contributed by atoms with Gasteiger partial charge in [-0.1, -0.05) is 28.1 Å². The van der Waals surface area contributed by atoms with Gasteiger partial charge in [0.1, 0.15) is 51.6 Å². The van der Waals surface area contributed by atoms with Gasteiger partial charge in [0.05, 0.1) is 16.7 Å². The summed E-state index contributed by atoms with van der Waals surface area (Å²) in [5, 5.41) is 18.6. The van der Waals surface area contributed by atoms with Gasteiger partial charge in [-0.3, -0.25) is 14.5 Å². The largest absolute Gasteiger partial charge is 0.543 e. The number of aliphatic carboxylic acids is 1. The number of aromatic nitrogens is 3. The quantitative estimate of drug-likeness (QED) is 0.105. The van der Waals surface area contributed by atoms with Crippen LogP contribution in [0.2, 0.25) is 5.02 Å². The number of oxime groups is 1. The second-order valence-corrected chi connectivity index (χ2v) is 14.5. The van der Waals surface area contributed by atoms with Crippen LogP contribution in [0.3, 0.4) is 0 Å². The highest BCUT2D eigenvalue weighted by Gasteiger charge is 2.53. The number of thiazole rings is 1. The van der Waals surface area contributed by atoms with E-state index in [1.54, 1.807) is 55.9 Å². The van der Waals surface area contributed by atoms with Gasteiger partial charge in [0.15, 0.2) is 10.8 Å². The number of imidazole rings is 1. The Kier molecular flexibility index (Phi) is 8.93. The van der Waals surface area contributed by atoms with E-state index in [1.807, 2.05) is 4.57 Å². The maximum Gasteiger partial charge on any atom is 0.347 e. The second kappa shape index (κ2) is 12.4. The summed E-state index contributed by atoms with van der Waals surface area (Å²) in [5.74, 6) is -3.45. The fourth-order valence-corrected chi connectivity index (χ4v) is 7.43. The molecule has 0 radical (unpaired) electrons. The number of anilines is 1. The molecular weight excluding hydrogens is 702 g/mol. The van der Waals surface area contributed by atoms with E-state index in [0.29, 0.717) is 14.4 Å². The number of carbonyl (C=O) groups is 4. The van der Waals surface area contributed by atoms with Crippen LogP contribution in [0, 0.1) is 0 Å². The third-order valence-corrected chi connectivity index (χ3v) is 9.41. The Labute approximate surface area is 271 Å². The van der Waals surface area contributed by atoms with Crippen LogP contribution < -0.4 is 20.7 Å². The van der Waals surface area contributed by atoms with Crippen LogP contribution in [0.15, 0.2) is 50.9 Å². The number of carboxylic acid groups (broad SMARTS) is 1. The summed E-state index contributed by atoms with van der Waals surface area (Å²) >= 11 is 11.7. The van der Waals surface area contributed by atoms with E-state index in [1.165, 1.54) is 11.8 Å². The van der Waals surface area contributed by atoms with Crippen molar-refractivity contribution in [2.45, 2.75) is 44.3 Å². The minimum absolute atomic E-state index is 0.0322. The summed E-state index contributed by atoms with van der Waals surface area (Å²) in [6.07, 6.45) is 5.28. The van der Waals surface area contributed by atoms with Crippen molar-refractivity contribution in [3.8, 4) is 0 Å². The fraction of sp³-hybridized carbons (Fsp3) is 0.346. The molecule has 3 aromatic rings. The zero-order chi connectivity index (χ0) is 31.9. The molecule has 0 aliphatic carbocycles. The number of nitrogens with one attached hydrogen (secondary N) is 1. The number of carbonyl (C=O) groups excluding carboxylic acids is 4. The minimum atomic E-state index is -1.50. The van der Waals surface area contributed by atoms with E-state index in [0.717, 1.165) is 21.9 Å². The maximum absolute atomic E-state index is 13.4. The molecule has 0 spiro atoms. The molecule has 5 rings (SSSR count). The number of nitrogens with two attached hydrogens (primary N) is 1. The predicted octanol–water partition coefficient (Wildman–Crippen LogP) is 0.848. The Bertz CT molecular complexity index is 1750. The van der Waals surface area contributed by atoms with Crippen LogP contribution in [-0.2, 0) is 35.3 Å². The average molecular weight is 727 g/mol. The zero-order valence-electron chi connectivity index (χ0n) is 23.4. The van der Waals surface area contributed by atoms with E-state index in [2.05, 4.69) is 31.4 Å². The Morgan fingerprint density at radius 3 is 2.75 bits per heavy atom.